The van der Waals surface area contributed by atoms with Gasteiger partial charge in [0, 0.05) is 44.6 Å². The van der Waals surface area contributed by atoms with Crippen LogP contribution < -0.4 is 4.90 Å². The van der Waals surface area contributed by atoms with Gasteiger partial charge >= 0.3 is 0 Å². The zero-order valence-electron chi connectivity index (χ0n) is 13.0. The van der Waals surface area contributed by atoms with Crippen LogP contribution in [-0.4, -0.2) is 41.0 Å². The van der Waals surface area contributed by atoms with E-state index >= 15 is 0 Å². The Bertz CT molecular complexity index is 692. The van der Waals surface area contributed by atoms with E-state index in [0.29, 0.717) is 13.1 Å². The fourth-order valence-electron chi connectivity index (χ4n) is 2.92. The third kappa shape index (κ3) is 3.06. The highest BCUT2D eigenvalue weighted by Gasteiger charge is 2.29. The van der Waals surface area contributed by atoms with Gasteiger partial charge in [0.05, 0.1) is 0 Å². The Hall–Kier alpha value is -2.22. The van der Waals surface area contributed by atoms with Gasteiger partial charge in [0.25, 0.3) is 11.9 Å². The monoisotopic (exact) mass is 340 g/mol. The zero-order chi connectivity index (χ0) is 17.3. The van der Waals surface area contributed by atoms with Gasteiger partial charge in [0.2, 0.25) is 11.6 Å². The molecule has 0 N–H and O–H groups in total. The Balaban J connectivity index is 1.74. The maximum absolute atomic E-state index is 13.8. The average molecular weight is 340 g/mol. The molecule has 3 rings (SSSR count). The van der Waals surface area contributed by atoms with Crippen molar-refractivity contribution in [1.29, 1.82) is 0 Å². The summed E-state index contributed by atoms with van der Waals surface area (Å²) in [4.78, 5) is 10.1. The normalized spacial score (nSPS) is 17.1. The highest BCUT2D eigenvalue weighted by molar-refractivity contribution is 5.49. The van der Waals surface area contributed by atoms with Crippen molar-refractivity contribution in [3.8, 4) is 0 Å². The third-order valence-corrected chi connectivity index (χ3v) is 4.32. The number of aromatic nitrogens is 2. The summed E-state index contributed by atoms with van der Waals surface area (Å²) in [6.45, 7) is 3.52. The van der Waals surface area contributed by atoms with Crippen LogP contribution >= 0.6 is 0 Å². The van der Waals surface area contributed by atoms with Crippen molar-refractivity contribution in [2.45, 2.75) is 13.0 Å². The lowest BCUT2D eigenvalue weighted by Crippen LogP contribution is -2.48. The SMILES string of the molecule is CC(c1cccnc1)N1CCN(c2c(F)c(F)nc(F)c2F)CC1. The van der Waals surface area contributed by atoms with Gasteiger partial charge in [-0.1, -0.05) is 6.07 Å². The number of hydrogen-bond acceptors (Lipinski definition) is 4. The Kier molecular flexibility index (Phi) is 4.66. The molecule has 1 aliphatic rings. The molecule has 1 saturated heterocycles. The Morgan fingerprint density at radius 2 is 1.62 bits per heavy atom. The van der Waals surface area contributed by atoms with Gasteiger partial charge in [-0.25, -0.2) is 0 Å². The molecule has 0 aliphatic carbocycles. The van der Waals surface area contributed by atoms with E-state index in [2.05, 4.69) is 14.9 Å². The van der Waals surface area contributed by atoms with Crippen molar-refractivity contribution in [3.63, 3.8) is 0 Å². The van der Waals surface area contributed by atoms with Gasteiger partial charge in [0.15, 0.2) is 0 Å². The van der Waals surface area contributed by atoms with Gasteiger partial charge in [-0.05, 0) is 18.6 Å². The lowest BCUT2D eigenvalue weighted by Gasteiger charge is -2.39. The zero-order valence-corrected chi connectivity index (χ0v) is 13.0. The van der Waals surface area contributed by atoms with Crippen LogP contribution in [-0.2, 0) is 0 Å². The first kappa shape index (κ1) is 16.6. The minimum Gasteiger partial charge on any atom is -0.364 e. The van der Waals surface area contributed by atoms with E-state index in [-0.39, 0.29) is 19.1 Å². The summed E-state index contributed by atoms with van der Waals surface area (Å²) in [5.74, 6) is -6.17. The van der Waals surface area contributed by atoms with Crippen LogP contribution in [0.3, 0.4) is 0 Å². The van der Waals surface area contributed by atoms with Crippen molar-refractivity contribution < 1.29 is 17.6 Å². The second-order valence-corrected chi connectivity index (χ2v) is 5.66. The summed E-state index contributed by atoms with van der Waals surface area (Å²) in [7, 11) is 0. The molecule has 2 aromatic rings. The molecule has 2 aromatic heterocycles. The fraction of sp³-hybridized carbons (Fsp3) is 0.375. The first-order chi connectivity index (χ1) is 11.5. The summed E-state index contributed by atoms with van der Waals surface area (Å²) >= 11 is 0. The number of halogens is 4. The first-order valence-corrected chi connectivity index (χ1v) is 7.58. The number of rotatable bonds is 3. The maximum Gasteiger partial charge on any atom is 0.253 e. The van der Waals surface area contributed by atoms with Crippen molar-refractivity contribution in [3.05, 3.63) is 53.6 Å². The summed E-state index contributed by atoms with van der Waals surface area (Å²) in [6, 6.07) is 3.88. The molecule has 1 unspecified atom stereocenters. The predicted molar refractivity (Wildman–Crippen MR) is 80.5 cm³/mol. The van der Waals surface area contributed by atoms with Gasteiger partial charge in [-0.15, -0.1) is 0 Å². The van der Waals surface area contributed by atoms with Crippen LogP contribution in [0.15, 0.2) is 24.5 Å². The van der Waals surface area contributed by atoms with Crippen LogP contribution in [0, 0.1) is 23.5 Å². The van der Waals surface area contributed by atoms with Crippen LogP contribution in [0.25, 0.3) is 0 Å². The number of hydrogen-bond donors (Lipinski definition) is 0. The topological polar surface area (TPSA) is 32.3 Å². The van der Waals surface area contributed by atoms with E-state index in [1.54, 1.807) is 12.4 Å². The van der Waals surface area contributed by atoms with Gasteiger partial charge < -0.3 is 4.90 Å². The maximum atomic E-state index is 13.8. The molecule has 3 heterocycles. The standard InChI is InChI=1S/C16H16F4N4/c1-10(11-3-2-4-21-9-11)23-5-7-24(8-6-23)14-12(17)15(19)22-16(20)13(14)18/h2-4,9-10H,5-8H2,1H3. The highest BCUT2D eigenvalue weighted by Crippen LogP contribution is 2.28. The summed E-state index contributed by atoms with van der Waals surface area (Å²) in [5, 5.41) is 0. The number of pyridine rings is 2. The van der Waals surface area contributed by atoms with Crippen LogP contribution in [0.2, 0.25) is 0 Å². The van der Waals surface area contributed by atoms with Crippen LogP contribution in [0.1, 0.15) is 18.5 Å². The van der Waals surface area contributed by atoms with E-state index in [9.17, 15) is 17.6 Å². The first-order valence-electron chi connectivity index (χ1n) is 7.58. The minimum atomic E-state index is -1.63. The van der Waals surface area contributed by atoms with Gasteiger partial charge in [-0.3, -0.25) is 9.88 Å². The Morgan fingerprint density at radius 3 is 2.17 bits per heavy atom. The second-order valence-electron chi connectivity index (χ2n) is 5.66. The Morgan fingerprint density at radius 1 is 1.00 bits per heavy atom. The number of piperazine rings is 1. The van der Waals surface area contributed by atoms with Gasteiger partial charge in [0.1, 0.15) is 5.69 Å². The lowest BCUT2D eigenvalue weighted by molar-refractivity contribution is 0.197. The largest absolute Gasteiger partial charge is 0.364 e. The smallest absolute Gasteiger partial charge is 0.253 e. The summed E-state index contributed by atoms with van der Waals surface area (Å²) in [5.41, 5.74) is 0.345. The fourth-order valence-corrected chi connectivity index (χ4v) is 2.92. The predicted octanol–water partition coefficient (Wildman–Crippen LogP) is 2.92. The molecule has 1 aliphatic heterocycles. The lowest BCUT2D eigenvalue weighted by atomic mass is 10.1. The molecule has 24 heavy (non-hydrogen) atoms. The van der Waals surface area contributed by atoms with Gasteiger partial charge in [-0.2, -0.15) is 22.5 Å². The van der Waals surface area contributed by atoms with Crippen LogP contribution in [0.5, 0.6) is 0 Å². The van der Waals surface area contributed by atoms with Crippen molar-refractivity contribution >= 4 is 5.69 Å². The van der Waals surface area contributed by atoms with E-state index in [4.69, 9.17) is 0 Å². The second kappa shape index (κ2) is 6.72. The van der Waals surface area contributed by atoms with Crippen molar-refractivity contribution in [1.82, 2.24) is 14.9 Å². The molecule has 0 bridgehead atoms. The molecule has 0 saturated carbocycles. The molecule has 0 radical (unpaired) electrons. The van der Waals surface area contributed by atoms with E-state index in [0.717, 1.165) is 5.56 Å². The molecular weight excluding hydrogens is 324 g/mol. The summed E-state index contributed by atoms with van der Waals surface area (Å²) < 4.78 is 54.2. The van der Waals surface area contributed by atoms with E-state index in [1.165, 1.54) is 4.90 Å². The molecular formula is C16H16F4N4. The Labute approximate surface area is 136 Å². The van der Waals surface area contributed by atoms with E-state index < -0.39 is 29.2 Å². The molecule has 0 aromatic carbocycles. The number of anilines is 1. The average Bonchev–Trinajstić information content (AvgIpc) is 2.61. The third-order valence-electron chi connectivity index (χ3n) is 4.32. The quantitative estimate of drug-likeness (QED) is 0.635. The molecule has 1 atom stereocenters. The molecule has 0 spiro atoms. The van der Waals surface area contributed by atoms with Crippen molar-refractivity contribution in [2.75, 3.05) is 31.1 Å². The molecule has 8 heteroatoms. The van der Waals surface area contributed by atoms with E-state index in [1.807, 2.05) is 19.1 Å². The minimum absolute atomic E-state index is 0.0847. The van der Waals surface area contributed by atoms with Crippen LogP contribution in [0.4, 0.5) is 23.2 Å². The number of nitrogens with zero attached hydrogens (tertiary/aromatic N) is 4. The molecule has 4 nitrogen and oxygen atoms in total. The molecule has 128 valence electrons. The summed E-state index contributed by atoms with van der Waals surface area (Å²) in [6.07, 6.45) is 3.45. The van der Waals surface area contributed by atoms with Crippen molar-refractivity contribution in [2.24, 2.45) is 0 Å². The molecule has 0 amide bonds. The molecule has 1 fully saturated rings. The highest BCUT2D eigenvalue weighted by atomic mass is 19.2.